The summed E-state index contributed by atoms with van der Waals surface area (Å²) >= 11 is 5.65. The number of amides is 1. The molecule has 1 atom stereocenters. The van der Waals surface area contributed by atoms with Gasteiger partial charge in [0.2, 0.25) is 0 Å². The molecule has 0 aliphatic heterocycles. The molecule has 2 N–H and O–H groups in total. The Kier molecular flexibility index (Phi) is 5.38. The molecule has 0 aromatic heterocycles. The van der Waals surface area contributed by atoms with Crippen molar-refractivity contribution in [1.29, 1.82) is 0 Å². The summed E-state index contributed by atoms with van der Waals surface area (Å²) in [5, 5.41) is 12.3. The van der Waals surface area contributed by atoms with Gasteiger partial charge < -0.3 is 15.2 Å². The highest BCUT2D eigenvalue weighted by atomic mass is 35.5. The van der Waals surface area contributed by atoms with Crippen LogP contribution in [-0.2, 0) is 9.53 Å². The Morgan fingerprint density at radius 1 is 1.58 bits per heavy atom. The van der Waals surface area contributed by atoms with E-state index in [1.165, 1.54) is 31.2 Å². The van der Waals surface area contributed by atoms with Gasteiger partial charge in [-0.05, 0) is 25.1 Å². The molecule has 1 amide bonds. The average molecular weight is 284 g/mol. The Morgan fingerprint density at radius 2 is 2.26 bits per heavy atom. The van der Waals surface area contributed by atoms with Crippen molar-refractivity contribution in [1.82, 2.24) is 5.32 Å². The molecular weight excluding hydrogens is 270 g/mol. The van der Waals surface area contributed by atoms with Crippen molar-refractivity contribution in [2.45, 2.75) is 13.0 Å². The molecule has 0 bridgehead atoms. The summed E-state index contributed by atoms with van der Waals surface area (Å²) in [6.45, 7) is 5.17. The lowest BCUT2D eigenvalue weighted by atomic mass is 10.2. The van der Waals surface area contributed by atoms with Crippen LogP contribution in [0.4, 0.5) is 0 Å². The van der Waals surface area contributed by atoms with Gasteiger partial charge in [-0.2, -0.15) is 0 Å². The number of aromatic hydroxyl groups is 1. The van der Waals surface area contributed by atoms with Crippen LogP contribution in [0, 0.1) is 0 Å². The summed E-state index contributed by atoms with van der Waals surface area (Å²) in [5.41, 5.74) is -0.0484. The number of hydrogen-bond donors (Lipinski definition) is 2. The Balaban J connectivity index is 2.68. The van der Waals surface area contributed by atoms with Gasteiger partial charge in [-0.1, -0.05) is 17.7 Å². The molecule has 0 heterocycles. The van der Waals surface area contributed by atoms with Crippen LogP contribution in [0.15, 0.2) is 30.9 Å². The van der Waals surface area contributed by atoms with Crippen molar-refractivity contribution >= 4 is 23.5 Å². The number of phenols is 1. The van der Waals surface area contributed by atoms with Gasteiger partial charge in [-0.25, -0.2) is 4.79 Å². The molecule has 1 aromatic rings. The Hall–Kier alpha value is -2.01. The maximum absolute atomic E-state index is 11.7. The highest BCUT2D eigenvalue weighted by Gasteiger charge is 2.20. The van der Waals surface area contributed by atoms with Crippen LogP contribution in [-0.4, -0.2) is 29.6 Å². The van der Waals surface area contributed by atoms with Gasteiger partial charge in [0, 0.05) is 11.6 Å². The number of halogens is 1. The van der Waals surface area contributed by atoms with Crippen LogP contribution in [0.25, 0.3) is 0 Å². The third-order valence-corrected chi connectivity index (χ3v) is 2.49. The van der Waals surface area contributed by atoms with Crippen LogP contribution in [0.2, 0.25) is 5.02 Å². The molecule has 0 saturated carbocycles. The number of hydrogen-bond acceptors (Lipinski definition) is 4. The van der Waals surface area contributed by atoms with Crippen LogP contribution in [0.1, 0.15) is 17.3 Å². The lowest BCUT2D eigenvalue weighted by Crippen LogP contribution is -2.35. The average Bonchev–Trinajstić information content (AvgIpc) is 2.35. The van der Waals surface area contributed by atoms with Crippen LogP contribution in [0.3, 0.4) is 0 Å². The summed E-state index contributed by atoms with van der Waals surface area (Å²) in [4.78, 5) is 23.2. The van der Waals surface area contributed by atoms with E-state index in [0.29, 0.717) is 5.02 Å². The molecule has 6 heteroatoms. The van der Waals surface area contributed by atoms with E-state index in [1.54, 1.807) is 0 Å². The van der Waals surface area contributed by atoms with E-state index >= 15 is 0 Å². The molecule has 0 aliphatic rings. The topological polar surface area (TPSA) is 75.6 Å². The lowest BCUT2D eigenvalue weighted by molar-refractivity contribution is -0.128. The first kappa shape index (κ1) is 15.0. The van der Waals surface area contributed by atoms with Gasteiger partial charge in [-0.15, -0.1) is 6.58 Å². The van der Waals surface area contributed by atoms with Gasteiger partial charge in [0.15, 0.2) is 6.10 Å². The molecule has 0 spiro atoms. The molecule has 0 unspecified atom stereocenters. The quantitative estimate of drug-likeness (QED) is 0.639. The maximum Gasteiger partial charge on any atom is 0.342 e. The third-order valence-electron chi connectivity index (χ3n) is 2.25. The number of carbonyl (C=O) groups excluding carboxylic acids is 2. The van der Waals surface area contributed by atoms with Gasteiger partial charge >= 0.3 is 5.97 Å². The second-order valence-corrected chi connectivity index (χ2v) is 4.18. The zero-order chi connectivity index (χ0) is 14.4. The van der Waals surface area contributed by atoms with Gasteiger partial charge in [0.1, 0.15) is 11.3 Å². The standard InChI is InChI=1S/C13H14ClNO4/c1-3-6-15-12(17)8(2)19-13(18)10-5-4-9(14)7-11(10)16/h3-5,7-8,16H,1,6H2,2H3,(H,15,17)/t8-/m1/s1. The van der Waals surface area contributed by atoms with Gasteiger partial charge in [-0.3, -0.25) is 4.79 Å². The normalized spacial score (nSPS) is 11.5. The largest absolute Gasteiger partial charge is 0.507 e. The molecule has 0 aliphatic carbocycles. The second kappa shape index (κ2) is 6.80. The fourth-order valence-electron chi connectivity index (χ4n) is 1.27. The fraction of sp³-hybridized carbons (Fsp3) is 0.231. The predicted molar refractivity (Wildman–Crippen MR) is 71.2 cm³/mol. The van der Waals surface area contributed by atoms with Crippen molar-refractivity contribution in [3.05, 3.63) is 41.4 Å². The number of phenolic OH excluding ortho intramolecular Hbond substituents is 1. The van der Waals surface area contributed by atoms with Crippen molar-refractivity contribution in [2.75, 3.05) is 6.54 Å². The van der Waals surface area contributed by atoms with E-state index in [-0.39, 0.29) is 17.9 Å². The van der Waals surface area contributed by atoms with Crippen molar-refractivity contribution < 1.29 is 19.4 Å². The van der Waals surface area contributed by atoms with E-state index in [0.717, 1.165) is 0 Å². The molecule has 102 valence electrons. The maximum atomic E-state index is 11.7. The number of carbonyl (C=O) groups is 2. The minimum Gasteiger partial charge on any atom is -0.507 e. The molecule has 0 fully saturated rings. The molecule has 0 radical (unpaired) electrons. The Bertz CT molecular complexity index is 501. The van der Waals surface area contributed by atoms with Crippen molar-refractivity contribution in [3.63, 3.8) is 0 Å². The van der Waals surface area contributed by atoms with E-state index in [2.05, 4.69) is 11.9 Å². The lowest BCUT2D eigenvalue weighted by Gasteiger charge is -2.13. The number of rotatable bonds is 5. The first-order valence-corrected chi connectivity index (χ1v) is 5.91. The summed E-state index contributed by atoms with van der Waals surface area (Å²) in [6, 6.07) is 4.00. The van der Waals surface area contributed by atoms with Gasteiger partial charge in [0.25, 0.3) is 5.91 Å². The highest BCUT2D eigenvalue weighted by molar-refractivity contribution is 6.30. The summed E-state index contributed by atoms with van der Waals surface area (Å²) in [6.07, 6.45) is 0.541. The number of ether oxygens (including phenoxy) is 1. The Labute approximate surface area is 115 Å². The third kappa shape index (κ3) is 4.30. The van der Waals surface area contributed by atoms with Crippen molar-refractivity contribution in [3.8, 4) is 5.75 Å². The minimum atomic E-state index is -0.970. The summed E-state index contributed by atoms with van der Waals surface area (Å²) in [5.74, 6) is -1.53. The highest BCUT2D eigenvalue weighted by Crippen LogP contribution is 2.22. The molecule has 1 aromatic carbocycles. The van der Waals surface area contributed by atoms with Crippen LogP contribution < -0.4 is 5.32 Å². The molecule has 0 saturated heterocycles. The van der Waals surface area contributed by atoms with E-state index in [9.17, 15) is 14.7 Å². The molecule has 1 rings (SSSR count). The summed E-state index contributed by atoms with van der Waals surface area (Å²) in [7, 11) is 0. The van der Waals surface area contributed by atoms with Crippen molar-refractivity contribution in [2.24, 2.45) is 0 Å². The zero-order valence-corrected chi connectivity index (χ0v) is 11.1. The first-order valence-electron chi connectivity index (χ1n) is 5.53. The number of benzene rings is 1. The molecule has 5 nitrogen and oxygen atoms in total. The smallest absolute Gasteiger partial charge is 0.342 e. The van der Waals surface area contributed by atoms with E-state index in [4.69, 9.17) is 16.3 Å². The number of nitrogens with one attached hydrogen (secondary N) is 1. The monoisotopic (exact) mass is 283 g/mol. The second-order valence-electron chi connectivity index (χ2n) is 3.74. The van der Waals surface area contributed by atoms with Crippen LogP contribution in [0.5, 0.6) is 5.75 Å². The SMILES string of the molecule is C=CCNC(=O)[C@@H](C)OC(=O)c1ccc(Cl)cc1O. The van der Waals surface area contributed by atoms with E-state index < -0.39 is 18.0 Å². The summed E-state index contributed by atoms with van der Waals surface area (Å²) < 4.78 is 4.93. The fourth-order valence-corrected chi connectivity index (χ4v) is 1.44. The van der Waals surface area contributed by atoms with Gasteiger partial charge in [0.05, 0.1) is 0 Å². The minimum absolute atomic E-state index is 0.0484. The predicted octanol–water partition coefficient (Wildman–Crippen LogP) is 1.89. The first-order chi connectivity index (χ1) is 8.95. The Morgan fingerprint density at radius 3 is 2.84 bits per heavy atom. The number of esters is 1. The molecular formula is C13H14ClNO4. The van der Waals surface area contributed by atoms with Crippen LogP contribution >= 0.6 is 11.6 Å². The van der Waals surface area contributed by atoms with E-state index in [1.807, 2.05) is 0 Å². The molecule has 19 heavy (non-hydrogen) atoms. The zero-order valence-electron chi connectivity index (χ0n) is 10.4.